The summed E-state index contributed by atoms with van der Waals surface area (Å²) in [4.78, 5) is 4.74. The van der Waals surface area contributed by atoms with Gasteiger partial charge in [-0.05, 0) is 35.4 Å². The first-order valence-electron chi connectivity index (χ1n) is 25.2. The molecule has 8 heteroatoms. The quantitative estimate of drug-likeness (QED) is 0.162. The van der Waals surface area contributed by atoms with Crippen molar-refractivity contribution < 1.29 is 0 Å². The molecule has 350 valence electrons. The van der Waals surface area contributed by atoms with Crippen LogP contribution in [0.15, 0.2) is 206 Å². The van der Waals surface area contributed by atoms with Gasteiger partial charge in [-0.1, -0.05) is 182 Å². The molecule has 17 rings (SSSR count). The van der Waals surface area contributed by atoms with Crippen molar-refractivity contribution in [1.29, 1.82) is 5.26 Å². The van der Waals surface area contributed by atoms with Crippen LogP contribution in [0, 0.1) is 17.9 Å². The van der Waals surface area contributed by atoms with E-state index in [1.54, 1.807) is 0 Å². The van der Waals surface area contributed by atoms with E-state index in [4.69, 9.17) is 4.85 Å². The zero-order chi connectivity index (χ0) is 49.9. The fourth-order valence-corrected chi connectivity index (χ4v) is 17.6. The minimum absolute atomic E-state index is 0.431. The molecule has 0 bridgehead atoms. The van der Waals surface area contributed by atoms with Gasteiger partial charge in [0.15, 0.2) is 0 Å². The van der Waals surface area contributed by atoms with Crippen LogP contribution in [-0.4, -0.2) is 9.13 Å². The van der Waals surface area contributed by atoms with Gasteiger partial charge in [-0.3, -0.25) is 0 Å². The zero-order valence-electron chi connectivity index (χ0n) is 40.1. The van der Waals surface area contributed by atoms with Crippen LogP contribution in [0.3, 0.4) is 0 Å². The molecule has 0 N–H and O–H groups in total. The molecule has 0 saturated heterocycles. The molecule has 0 saturated carbocycles. The van der Waals surface area contributed by atoms with Gasteiger partial charge in [-0.25, -0.2) is 4.85 Å². The molecular weight excluding hydrogens is 1000 g/mol. The molecule has 0 fully saturated rings. The molecule has 76 heavy (non-hydrogen) atoms. The van der Waals surface area contributed by atoms with Crippen molar-refractivity contribution in [3.05, 3.63) is 223 Å². The van der Waals surface area contributed by atoms with Crippen LogP contribution in [0.4, 0.5) is 5.69 Å². The highest BCUT2D eigenvalue weighted by molar-refractivity contribution is 7.28. The number of hydrogen-bond donors (Lipinski definition) is 0. The first-order chi connectivity index (χ1) is 37.7. The molecule has 0 atom stereocenters. The SMILES string of the molecule is [C-]#[N+]c1c(-c2ccccc2)c(C#N)c(-n2c3c(ccc4c5ccccc5sc43)c3ccc4c5ccccc5sc4c32)c(-c2ccccc2)c1-n1c2c(ccc3c4ccccc4sc32)c2ccc3c4ccccc4sc3c21. The molecule has 17 aromatic rings. The highest BCUT2D eigenvalue weighted by Gasteiger charge is 2.34. The van der Waals surface area contributed by atoms with E-state index in [0.717, 1.165) is 90.5 Å². The largest absolute Gasteiger partial charge is 0.316 e. The van der Waals surface area contributed by atoms with Crippen molar-refractivity contribution in [2.45, 2.75) is 0 Å². The highest BCUT2D eigenvalue weighted by atomic mass is 32.1. The molecule has 0 amide bonds. The number of aromatic nitrogens is 2. The topological polar surface area (TPSA) is 38.0 Å². The van der Waals surface area contributed by atoms with E-state index in [0.29, 0.717) is 16.8 Å². The van der Waals surface area contributed by atoms with E-state index in [1.807, 2.05) is 63.5 Å². The smallest absolute Gasteiger partial charge is 0.220 e. The maximum Gasteiger partial charge on any atom is 0.220 e. The molecule has 0 aliphatic rings. The third kappa shape index (κ3) is 5.53. The van der Waals surface area contributed by atoms with Gasteiger partial charge < -0.3 is 9.13 Å². The van der Waals surface area contributed by atoms with Crippen molar-refractivity contribution >= 4 is 175 Å². The Kier molecular flexibility index (Phi) is 8.73. The summed E-state index contributed by atoms with van der Waals surface area (Å²) in [6.45, 7) is 9.68. The summed E-state index contributed by atoms with van der Waals surface area (Å²) in [6.07, 6.45) is 0. The second kappa shape index (κ2) is 15.7. The average molecular weight is 1040 g/mol. The molecule has 4 nitrogen and oxygen atoms in total. The van der Waals surface area contributed by atoms with Crippen LogP contribution >= 0.6 is 45.3 Å². The molecule has 0 aliphatic carbocycles. The molecule has 6 heterocycles. The second-order valence-electron chi connectivity index (χ2n) is 19.5. The Bertz CT molecular complexity index is 4940. The first-order valence-corrected chi connectivity index (χ1v) is 28.4. The van der Waals surface area contributed by atoms with Crippen LogP contribution < -0.4 is 0 Å². The average Bonchev–Trinajstić information content (AvgIpc) is 4.41. The van der Waals surface area contributed by atoms with Crippen LogP contribution in [-0.2, 0) is 0 Å². The molecule has 6 aromatic heterocycles. The van der Waals surface area contributed by atoms with Crippen molar-refractivity contribution in [3.63, 3.8) is 0 Å². The number of thiophene rings is 4. The van der Waals surface area contributed by atoms with E-state index >= 15 is 0 Å². The summed E-state index contributed by atoms with van der Waals surface area (Å²) in [7, 11) is 0. The van der Waals surface area contributed by atoms with Crippen LogP contribution in [0.25, 0.3) is 163 Å². The first kappa shape index (κ1) is 42.3. The lowest BCUT2D eigenvalue weighted by molar-refractivity contribution is 1.15. The maximum absolute atomic E-state index is 12.4. The molecule has 0 aliphatic heterocycles. The van der Waals surface area contributed by atoms with Gasteiger partial charge >= 0.3 is 0 Å². The lowest BCUT2D eigenvalue weighted by Crippen LogP contribution is -2.09. The fraction of sp³-hybridized carbons (Fsp3) is 0. The number of hydrogen-bond acceptors (Lipinski definition) is 5. The van der Waals surface area contributed by atoms with Gasteiger partial charge in [0.1, 0.15) is 6.07 Å². The minimum Gasteiger partial charge on any atom is -0.316 e. The zero-order valence-corrected chi connectivity index (χ0v) is 43.3. The number of nitriles is 1. The minimum atomic E-state index is 0.431. The van der Waals surface area contributed by atoms with E-state index < -0.39 is 0 Å². The van der Waals surface area contributed by atoms with E-state index in [2.05, 4.69) is 203 Å². The summed E-state index contributed by atoms with van der Waals surface area (Å²) in [5, 5.41) is 26.4. The van der Waals surface area contributed by atoms with Crippen molar-refractivity contribution in [1.82, 2.24) is 9.13 Å². The van der Waals surface area contributed by atoms with Gasteiger partial charge in [0.2, 0.25) is 5.69 Å². The summed E-state index contributed by atoms with van der Waals surface area (Å²) in [5.41, 5.74) is 9.77. The maximum atomic E-state index is 12.4. The van der Waals surface area contributed by atoms with Gasteiger partial charge in [-0.15, -0.1) is 45.3 Å². The van der Waals surface area contributed by atoms with Gasteiger partial charge in [0.25, 0.3) is 0 Å². The lowest BCUT2D eigenvalue weighted by Gasteiger charge is -2.26. The van der Waals surface area contributed by atoms with E-state index in [1.165, 1.54) is 61.9 Å². The summed E-state index contributed by atoms with van der Waals surface area (Å²) in [5.74, 6) is 0. The van der Waals surface area contributed by atoms with E-state index in [-0.39, 0.29) is 0 Å². The van der Waals surface area contributed by atoms with Gasteiger partial charge in [0.05, 0.1) is 64.4 Å². The Morgan fingerprint density at radius 2 is 0.632 bits per heavy atom. The summed E-state index contributed by atoms with van der Waals surface area (Å²) in [6, 6.07) is 77.0. The van der Waals surface area contributed by atoms with Gasteiger partial charge in [-0.2, -0.15) is 5.26 Å². The Hall–Kier alpha value is -9.12. The number of rotatable bonds is 4. The number of nitrogens with zero attached hydrogens (tertiary/aromatic N) is 4. The van der Waals surface area contributed by atoms with Crippen LogP contribution in [0.1, 0.15) is 5.56 Å². The second-order valence-corrected chi connectivity index (χ2v) is 23.8. The fourth-order valence-electron chi connectivity index (χ4n) is 12.7. The Morgan fingerprint density at radius 3 is 0.974 bits per heavy atom. The van der Waals surface area contributed by atoms with Crippen molar-refractivity contribution in [3.8, 4) is 39.7 Å². The Balaban J connectivity index is 1.20. The normalized spacial score (nSPS) is 12.2. The van der Waals surface area contributed by atoms with E-state index in [9.17, 15) is 11.8 Å². The predicted molar refractivity (Wildman–Crippen MR) is 329 cm³/mol. The molecule has 11 aromatic carbocycles. The molecule has 0 unspecified atom stereocenters. The summed E-state index contributed by atoms with van der Waals surface area (Å²) >= 11 is 7.24. The van der Waals surface area contributed by atoms with Crippen molar-refractivity contribution in [2.75, 3.05) is 0 Å². The van der Waals surface area contributed by atoms with Gasteiger partial charge in [0, 0.05) is 94.6 Å². The van der Waals surface area contributed by atoms with Crippen LogP contribution in [0.5, 0.6) is 0 Å². The molecular formula is C68H34N4S4. The lowest BCUT2D eigenvalue weighted by atomic mass is 9.88. The summed E-state index contributed by atoms with van der Waals surface area (Å²) < 4.78 is 14.4. The Morgan fingerprint density at radius 1 is 0.329 bits per heavy atom. The monoisotopic (exact) mass is 1030 g/mol. The third-order valence-corrected chi connectivity index (χ3v) is 20.5. The third-order valence-electron chi connectivity index (χ3n) is 15.8. The number of benzene rings is 11. The van der Waals surface area contributed by atoms with Crippen LogP contribution in [0.2, 0.25) is 0 Å². The predicted octanol–water partition coefficient (Wildman–Crippen LogP) is 21.1. The number of fused-ring (bicyclic) bond motifs is 22. The molecule has 0 radical (unpaired) electrons. The molecule has 0 spiro atoms. The standard InChI is InChI=1S/C68H34N4S4/c1-70-58-56(37-16-4-2-5-17-37)51(36-69)59(71-60-43(28-32-47-39-20-8-12-24-52(39)73-65(47)60)44-29-33-48-40-21-9-13-25-53(40)74-66(48)61(44)71)57(38-18-6-3-7-19-38)64(58)72-62-45(30-34-49-41-22-10-14-26-54(41)75-67(49)62)46-31-35-50-42-23-11-15-27-55(42)76-68(50)63(46)72/h2-35H. The highest BCUT2D eigenvalue weighted by Crippen LogP contribution is 2.56. The van der Waals surface area contributed by atoms with Crippen molar-refractivity contribution in [2.24, 2.45) is 0 Å². The Labute approximate surface area is 449 Å².